The molecule has 11 N–H and O–H groups in total. The van der Waals surface area contributed by atoms with Crippen LogP contribution in [0.2, 0.25) is 0 Å². The van der Waals surface area contributed by atoms with E-state index in [-0.39, 0.29) is 0 Å². The zero-order chi connectivity index (χ0) is 25.2. The third-order valence-electron chi connectivity index (χ3n) is 4.04. The molecule has 0 aromatic heterocycles. The summed E-state index contributed by atoms with van der Waals surface area (Å²) in [7, 11) is 0. The Morgan fingerprint density at radius 2 is 1.19 bits per heavy atom. The van der Waals surface area contributed by atoms with Crippen molar-refractivity contribution >= 4 is 41.5 Å². The van der Waals surface area contributed by atoms with E-state index in [4.69, 9.17) is 27.4 Å². The van der Waals surface area contributed by atoms with Crippen LogP contribution in [0.15, 0.2) is 0 Å². The summed E-state index contributed by atoms with van der Waals surface area (Å²) in [6.07, 6.45) is -2.16. The maximum Gasteiger partial charge on any atom is 0.326 e. The fraction of sp³-hybridized carbons (Fsp3) is 0.588. The third kappa shape index (κ3) is 10.3. The number of amides is 5. The molecule has 0 aliphatic heterocycles. The molecule has 180 valence electrons. The maximum atomic E-state index is 12.7. The van der Waals surface area contributed by atoms with Gasteiger partial charge in [0.05, 0.1) is 25.3 Å². The second-order valence-electron chi connectivity index (χ2n) is 7.24. The molecular formula is C17H28N6O9. The van der Waals surface area contributed by atoms with Crippen LogP contribution in [0.4, 0.5) is 0 Å². The number of carboxylic acids is 2. The molecule has 0 saturated carbocycles. The van der Waals surface area contributed by atoms with Gasteiger partial charge in [0.15, 0.2) is 0 Å². The molecule has 0 radical (unpaired) electrons. The minimum absolute atomic E-state index is 0.560. The summed E-state index contributed by atoms with van der Waals surface area (Å²) in [5.74, 6) is -8.53. The lowest BCUT2D eigenvalue weighted by Gasteiger charge is -2.26. The molecule has 0 aliphatic rings. The maximum absolute atomic E-state index is 12.7. The van der Waals surface area contributed by atoms with Gasteiger partial charge in [-0.1, -0.05) is 13.8 Å². The normalized spacial score (nSPS) is 14.4. The Morgan fingerprint density at radius 1 is 0.719 bits per heavy atom. The Morgan fingerprint density at radius 3 is 1.59 bits per heavy atom. The summed E-state index contributed by atoms with van der Waals surface area (Å²) in [6, 6.07) is -6.09. The first-order valence-electron chi connectivity index (χ1n) is 9.33. The van der Waals surface area contributed by atoms with E-state index in [1.54, 1.807) is 0 Å². The number of primary amides is 2. The number of nitrogens with two attached hydrogens (primary N) is 3. The monoisotopic (exact) mass is 460 g/mol. The van der Waals surface area contributed by atoms with Gasteiger partial charge in [0.25, 0.3) is 0 Å². The third-order valence-corrected chi connectivity index (χ3v) is 4.04. The van der Waals surface area contributed by atoms with Crippen LogP contribution in [-0.4, -0.2) is 75.9 Å². The van der Waals surface area contributed by atoms with Gasteiger partial charge in [-0.3, -0.25) is 28.8 Å². The van der Waals surface area contributed by atoms with Gasteiger partial charge in [0.1, 0.15) is 18.1 Å². The van der Waals surface area contributed by atoms with Crippen molar-refractivity contribution in [3.05, 3.63) is 0 Å². The minimum Gasteiger partial charge on any atom is -0.481 e. The Hall–Kier alpha value is -3.75. The fourth-order valence-corrected chi connectivity index (χ4v) is 2.42. The van der Waals surface area contributed by atoms with Crippen molar-refractivity contribution in [3.63, 3.8) is 0 Å². The summed E-state index contributed by atoms with van der Waals surface area (Å²) in [6.45, 7) is 3.06. The van der Waals surface area contributed by atoms with Crippen LogP contribution in [0, 0.1) is 5.92 Å². The average Bonchev–Trinajstić information content (AvgIpc) is 2.62. The van der Waals surface area contributed by atoms with Crippen LogP contribution >= 0.6 is 0 Å². The first-order chi connectivity index (χ1) is 14.6. The Labute approximate surface area is 182 Å². The van der Waals surface area contributed by atoms with E-state index in [1.165, 1.54) is 13.8 Å². The number of hydrogen-bond donors (Lipinski definition) is 8. The van der Waals surface area contributed by atoms with Crippen molar-refractivity contribution < 1.29 is 43.8 Å². The van der Waals surface area contributed by atoms with Crippen molar-refractivity contribution in [1.29, 1.82) is 0 Å². The second-order valence-corrected chi connectivity index (χ2v) is 7.24. The van der Waals surface area contributed by atoms with Crippen molar-refractivity contribution in [3.8, 4) is 0 Å². The van der Waals surface area contributed by atoms with Crippen molar-refractivity contribution in [1.82, 2.24) is 16.0 Å². The van der Waals surface area contributed by atoms with Gasteiger partial charge in [0.2, 0.25) is 29.5 Å². The molecule has 5 amide bonds. The van der Waals surface area contributed by atoms with Crippen LogP contribution in [0.25, 0.3) is 0 Å². The molecule has 0 bridgehead atoms. The number of nitrogens with one attached hydrogen (secondary N) is 3. The number of carboxylic acid groups (broad SMARTS) is 2. The summed E-state index contributed by atoms with van der Waals surface area (Å²) in [5, 5.41) is 24.2. The van der Waals surface area contributed by atoms with Crippen molar-refractivity contribution in [2.24, 2.45) is 23.1 Å². The highest BCUT2D eigenvalue weighted by molar-refractivity contribution is 5.97. The lowest BCUT2D eigenvalue weighted by atomic mass is 10.0. The smallest absolute Gasteiger partial charge is 0.326 e. The van der Waals surface area contributed by atoms with E-state index < -0.39 is 90.8 Å². The van der Waals surface area contributed by atoms with Gasteiger partial charge in [-0.25, -0.2) is 4.79 Å². The SMILES string of the molecule is CC(C)C(NC(=O)C(N)CC(=O)O)C(=O)NC(CC(N)=O)C(=O)NC(CC(N)=O)C(=O)O. The van der Waals surface area contributed by atoms with Crippen molar-refractivity contribution in [2.75, 3.05) is 0 Å². The molecule has 32 heavy (non-hydrogen) atoms. The topological polar surface area (TPSA) is 274 Å². The number of rotatable bonds is 14. The summed E-state index contributed by atoms with van der Waals surface area (Å²) in [5.41, 5.74) is 15.5. The molecular weight excluding hydrogens is 432 g/mol. The van der Waals surface area contributed by atoms with Crippen LogP contribution in [-0.2, 0) is 33.6 Å². The fourth-order valence-electron chi connectivity index (χ4n) is 2.42. The molecule has 4 atom stereocenters. The minimum atomic E-state index is -1.72. The zero-order valence-electron chi connectivity index (χ0n) is 17.5. The average molecular weight is 460 g/mol. The lowest BCUT2D eigenvalue weighted by molar-refractivity contribution is -0.144. The predicted octanol–water partition coefficient (Wildman–Crippen LogP) is -4.27. The van der Waals surface area contributed by atoms with Crippen LogP contribution < -0.4 is 33.2 Å². The van der Waals surface area contributed by atoms with Gasteiger partial charge in [-0.05, 0) is 5.92 Å². The van der Waals surface area contributed by atoms with E-state index in [0.29, 0.717) is 0 Å². The summed E-state index contributed by atoms with van der Waals surface area (Å²) in [4.78, 5) is 81.4. The molecule has 0 aromatic rings. The molecule has 15 nitrogen and oxygen atoms in total. The van der Waals surface area contributed by atoms with Crippen LogP contribution in [0.3, 0.4) is 0 Å². The number of hydrogen-bond acceptors (Lipinski definition) is 8. The Kier molecular flexibility index (Phi) is 11.3. The van der Waals surface area contributed by atoms with Gasteiger partial charge in [-0.15, -0.1) is 0 Å². The van der Waals surface area contributed by atoms with Crippen LogP contribution in [0.5, 0.6) is 0 Å². The Bertz CT molecular complexity index is 770. The largest absolute Gasteiger partial charge is 0.481 e. The standard InChI is InChI=1S/C17H28N6O9/c1-6(2)13(23-14(28)7(18)3-12(26)27)16(30)21-8(4-10(19)24)15(29)22-9(17(31)32)5-11(20)25/h6-9,13H,3-5,18H2,1-2H3,(H2,19,24)(H2,20,25)(H,21,30)(H,22,29)(H,23,28)(H,26,27)(H,31,32). The number of carbonyl (C=O) groups excluding carboxylic acids is 5. The molecule has 0 fully saturated rings. The van der Waals surface area contributed by atoms with E-state index in [2.05, 4.69) is 10.6 Å². The molecule has 0 heterocycles. The molecule has 4 unspecified atom stereocenters. The first-order valence-corrected chi connectivity index (χ1v) is 9.33. The molecule has 0 aromatic carbocycles. The summed E-state index contributed by atoms with van der Waals surface area (Å²) < 4.78 is 0. The van der Waals surface area contributed by atoms with Gasteiger partial charge >= 0.3 is 11.9 Å². The van der Waals surface area contributed by atoms with Crippen LogP contribution in [0.1, 0.15) is 33.1 Å². The highest BCUT2D eigenvalue weighted by atomic mass is 16.4. The van der Waals surface area contributed by atoms with Gasteiger partial charge < -0.3 is 43.4 Å². The van der Waals surface area contributed by atoms with Gasteiger partial charge in [0, 0.05) is 0 Å². The molecule has 0 rings (SSSR count). The number of carbonyl (C=O) groups is 7. The second kappa shape index (κ2) is 12.8. The summed E-state index contributed by atoms with van der Waals surface area (Å²) >= 11 is 0. The van der Waals surface area contributed by atoms with Crippen molar-refractivity contribution in [2.45, 2.75) is 57.3 Å². The van der Waals surface area contributed by atoms with E-state index >= 15 is 0 Å². The quantitative estimate of drug-likeness (QED) is 0.123. The lowest BCUT2D eigenvalue weighted by Crippen LogP contribution is -2.59. The molecule has 0 saturated heterocycles. The predicted molar refractivity (Wildman–Crippen MR) is 106 cm³/mol. The Balaban J connectivity index is 5.49. The first kappa shape index (κ1) is 28.2. The zero-order valence-corrected chi connectivity index (χ0v) is 17.5. The number of aliphatic carboxylic acids is 2. The van der Waals surface area contributed by atoms with E-state index in [9.17, 15) is 33.6 Å². The highest BCUT2D eigenvalue weighted by Crippen LogP contribution is 2.05. The molecule has 0 aliphatic carbocycles. The molecule has 0 spiro atoms. The van der Waals surface area contributed by atoms with E-state index in [1.807, 2.05) is 5.32 Å². The van der Waals surface area contributed by atoms with Gasteiger partial charge in [-0.2, -0.15) is 0 Å². The highest BCUT2D eigenvalue weighted by Gasteiger charge is 2.33. The molecule has 15 heteroatoms. The van der Waals surface area contributed by atoms with E-state index in [0.717, 1.165) is 0 Å².